The lowest BCUT2D eigenvalue weighted by atomic mass is 9.72. The van der Waals surface area contributed by atoms with Crippen LogP contribution in [0.4, 0.5) is 0 Å². The van der Waals surface area contributed by atoms with Gasteiger partial charge in [0.15, 0.2) is 0 Å². The van der Waals surface area contributed by atoms with Crippen molar-refractivity contribution < 1.29 is 14.3 Å². The summed E-state index contributed by atoms with van der Waals surface area (Å²) in [5.74, 6) is -0.0501. The number of esters is 1. The highest BCUT2D eigenvalue weighted by Crippen LogP contribution is 2.39. The molecular formula is C20H28O3. The number of ether oxygens (including phenoxy) is 1. The Balaban J connectivity index is 2.24. The van der Waals surface area contributed by atoms with Crippen LogP contribution in [-0.4, -0.2) is 18.9 Å². The molecular weight excluding hydrogens is 288 g/mol. The van der Waals surface area contributed by atoms with E-state index in [-0.39, 0.29) is 17.8 Å². The van der Waals surface area contributed by atoms with Crippen LogP contribution in [0.2, 0.25) is 0 Å². The van der Waals surface area contributed by atoms with Gasteiger partial charge in [0.1, 0.15) is 6.29 Å². The van der Waals surface area contributed by atoms with Crippen LogP contribution in [0, 0.1) is 17.8 Å². The van der Waals surface area contributed by atoms with E-state index in [4.69, 9.17) is 4.74 Å². The minimum atomic E-state index is -0.378. The fraction of sp³-hybridized carbons (Fsp3) is 0.600. The van der Waals surface area contributed by atoms with Crippen LogP contribution in [0.5, 0.6) is 0 Å². The first-order valence-corrected chi connectivity index (χ1v) is 8.63. The summed E-state index contributed by atoms with van der Waals surface area (Å²) < 4.78 is 5.44. The number of fused-ring (bicyclic) bond motifs is 1. The summed E-state index contributed by atoms with van der Waals surface area (Å²) in [7, 11) is 0. The summed E-state index contributed by atoms with van der Waals surface area (Å²) in [4.78, 5) is 23.9. The molecule has 1 fully saturated rings. The van der Waals surface area contributed by atoms with Gasteiger partial charge in [-0.1, -0.05) is 29.4 Å². The quantitative estimate of drug-likeness (QED) is 0.439. The number of hydrogen-bond donors (Lipinski definition) is 0. The van der Waals surface area contributed by atoms with Crippen molar-refractivity contribution in [2.75, 3.05) is 6.61 Å². The molecule has 1 aliphatic heterocycles. The third kappa shape index (κ3) is 4.66. The van der Waals surface area contributed by atoms with Crippen molar-refractivity contribution in [1.82, 2.24) is 0 Å². The van der Waals surface area contributed by atoms with Gasteiger partial charge in [-0.2, -0.15) is 0 Å². The van der Waals surface area contributed by atoms with E-state index in [0.717, 1.165) is 38.4 Å². The molecule has 23 heavy (non-hydrogen) atoms. The molecule has 2 aliphatic rings. The normalized spacial score (nSPS) is 32.7. The van der Waals surface area contributed by atoms with E-state index in [9.17, 15) is 9.59 Å². The summed E-state index contributed by atoms with van der Waals surface area (Å²) in [6.07, 6.45) is 11.8. The lowest BCUT2D eigenvalue weighted by Crippen LogP contribution is -2.40. The van der Waals surface area contributed by atoms with Gasteiger partial charge in [-0.25, -0.2) is 0 Å². The third-order valence-corrected chi connectivity index (χ3v) is 5.00. The maximum atomic E-state index is 12.3. The fourth-order valence-electron chi connectivity index (χ4n) is 3.66. The van der Waals surface area contributed by atoms with Gasteiger partial charge in [0.2, 0.25) is 0 Å². The van der Waals surface area contributed by atoms with E-state index in [1.165, 1.54) is 11.1 Å². The Hall–Kier alpha value is -1.64. The zero-order valence-electron chi connectivity index (χ0n) is 14.5. The van der Waals surface area contributed by atoms with Crippen molar-refractivity contribution in [3.63, 3.8) is 0 Å². The summed E-state index contributed by atoms with van der Waals surface area (Å²) >= 11 is 0. The average molecular weight is 316 g/mol. The number of allylic oxidation sites excluding steroid dienone is 5. The molecule has 1 heterocycles. The summed E-state index contributed by atoms with van der Waals surface area (Å²) in [6.45, 7) is 6.83. The average Bonchev–Trinajstić information content (AvgIpc) is 2.59. The molecule has 1 aliphatic carbocycles. The van der Waals surface area contributed by atoms with Crippen LogP contribution in [0.25, 0.3) is 0 Å². The van der Waals surface area contributed by atoms with Gasteiger partial charge in [-0.05, 0) is 64.7 Å². The summed E-state index contributed by atoms with van der Waals surface area (Å²) in [6, 6.07) is 0. The maximum Gasteiger partial charge on any atom is 0.313 e. The van der Waals surface area contributed by atoms with Crippen molar-refractivity contribution in [3.8, 4) is 0 Å². The van der Waals surface area contributed by atoms with E-state index >= 15 is 0 Å². The van der Waals surface area contributed by atoms with Crippen molar-refractivity contribution >= 4 is 12.3 Å². The Morgan fingerprint density at radius 1 is 1.35 bits per heavy atom. The van der Waals surface area contributed by atoms with Gasteiger partial charge in [0, 0.05) is 5.57 Å². The van der Waals surface area contributed by atoms with E-state index in [1.807, 2.05) is 6.08 Å². The van der Waals surface area contributed by atoms with Crippen LogP contribution in [0.3, 0.4) is 0 Å². The Kier molecular flexibility index (Phi) is 6.37. The Bertz CT molecular complexity index is 535. The smallest absolute Gasteiger partial charge is 0.313 e. The second kappa shape index (κ2) is 8.28. The van der Waals surface area contributed by atoms with E-state index in [0.29, 0.717) is 18.1 Å². The number of hydrogen-bond acceptors (Lipinski definition) is 3. The van der Waals surface area contributed by atoms with Crippen LogP contribution >= 0.6 is 0 Å². The van der Waals surface area contributed by atoms with Gasteiger partial charge in [-0.3, -0.25) is 9.59 Å². The zero-order valence-corrected chi connectivity index (χ0v) is 14.5. The highest BCUT2D eigenvalue weighted by molar-refractivity contribution is 5.87. The SMILES string of the molecule is CC(C)=CCC[C@@H]1COC(=O)[C@H]2/C(C=O)=C\C/C=C(\C)CC[C@H]12. The maximum absolute atomic E-state index is 12.3. The Morgan fingerprint density at radius 3 is 2.83 bits per heavy atom. The number of carbonyl (C=O) groups is 2. The van der Waals surface area contributed by atoms with Crippen molar-refractivity contribution in [2.45, 2.75) is 52.9 Å². The molecule has 0 aromatic rings. The molecule has 0 bridgehead atoms. The number of rotatable bonds is 4. The van der Waals surface area contributed by atoms with E-state index in [1.54, 1.807) is 0 Å². The van der Waals surface area contributed by atoms with Gasteiger partial charge in [0.25, 0.3) is 0 Å². The molecule has 1 saturated heterocycles. The highest BCUT2D eigenvalue weighted by Gasteiger charge is 2.41. The molecule has 3 nitrogen and oxygen atoms in total. The molecule has 0 amide bonds. The number of carbonyl (C=O) groups excluding carboxylic acids is 2. The summed E-state index contributed by atoms with van der Waals surface area (Å²) in [5.41, 5.74) is 3.27. The molecule has 0 aromatic carbocycles. The van der Waals surface area contributed by atoms with Crippen molar-refractivity contribution in [1.29, 1.82) is 0 Å². The molecule has 0 unspecified atom stereocenters. The highest BCUT2D eigenvalue weighted by atomic mass is 16.5. The lowest BCUT2D eigenvalue weighted by molar-refractivity contribution is -0.160. The summed E-state index contributed by atoms with van der Waals surface area (Å²) in [5, 5.41) is 0. The fourth-order valence-corrected chi connectivity index (χ4v) is 3.66. The Morgan fingerprint density at radius 2 is 2.13 bits per heavy atom. The first-order chi connectivity index (χ1) is 11.0. The predicted molar refractivity (Wildman–Crippen MR) is 91.8 cm³/mol. The monoisotopic (exact) mass is 316 g/mol. The minimum Gasteiger partial charge on any atom is -0.465 e. The molecule has 0 aromatic heterocycles. The van der Waals surface area contributed by atoms with Crippen molar-refractivity contribution in [2.24, 2.45) is 17.8 Å². The van der Waals surface area contributed by atoms with Crippen LogP contribution in [0.1, 0.15) is 52.9 Å². The van der Waals surface area contributed by atoms with Crippen molar-refractivity contribution in [3.05, 3.63) is 34.9 Å². The van der Waals surface area contributed by atoms with Gasteiger partial charge in [0.05, 0.1) is 12.5 Å². The second-order valence-corrected chi connectivity index (χ2v) is 7.04. The standard InChI is InChI=1S/C20H28O3/c1-14(2)6-4-9-17-13-23-20(22)19-16(12-21)8-5-7-15(3)10-11-18(17)19/h6-8,12,17-19H,4-5,9-11,13H2,1-3H3/b15-7+,16-8-/t17-,18-,19+/m1/s1. The second-order valence-electron chi connectivity index (χ2n) is 7.04. The minimum absolute atomic E-state index is 0.208. The van der Waals surface area contributed by atoms with Gasteiger partial charge < -0.3 is 4.74 Å². The van der Waals surface area contributed by atoms with E-state index < -0.39 is 0 Å². The molecule has 126 valence electrons. The van der Waals surface area contributed by atoms with Gasteiger partial charge >= 0.3 is 5.97 Å². The molecule has 0 spiro atoms. The van der Waals surface area contributed by atoms with Crippen LogP contribution in [-0.2, 0) is 14.3 Å². The Labute approximate surface area is 139 Å². The molecule has 3 atom stereocenters. The topological polar surface area (TPSA) is 43.4 Å². The molecule has 0 N–H and O–H groups in total. The first kappa shape index (κ1) is 17.7. The molecule has 0 radical (unpaired) electrons. The lowest BCUT2D eigenvalue weighted by Gasteiger charge is -2.37. The molecule has 3 heteroatoms. The van der Waals surface area contributed by atoms with E-state index in [2.05, 4.69) is 32.9 Å². The first-order valence-electron chi connectivity index (χ1n) is 8.63. The molecule has 2 rings (SSSR count). The third-order valence-electron chi connectivity index (χ3n) is 5.00. The van der Waals surface area contributed by atoms with Gasteiger partial charge in [-0.15, -0.1) is 0 Å². The molecule has 0 saturated carbocycles. The predicted octanol–water partition coefficient (Wildman–Crippen LogP) is 4.39. The van der Waals surface area contributed by atoms with Crippen LogP contribution in [0.15, 0.2) is 34.9 Å². The number of cyclic esters (lactones) is 1. The van der Waals surface area contributed by atoms with Crippen LogP contribution < -0.4 is 0 Å². The largest absolute Gasteiger partial charge is 0.465 e. The zero-order chi connectivity index (χ0) is 16.8. The number of aldehydes is 1.